The number of methoxy groups -OCH3 is 2. The Hall–Kier alpha value is -3.68. The van der Waals surface area contributed by atoms with Crippen LogP contribution in [0.3, 0.4) is 0 Å². The lowest BCUT2D eigenvalue weighted by Crippen LogP contribution is -2.26. The van der Waals surface area contributed by atoms with Gasteiger partial charge < -0.3 is 14.2 Å². The fourth-order valence-electron chi connectivity index (χ4n) is 3.17. The molecule has 0 unspecified atom stereocenters. The average molecular weight is 427 g/mol. The maximum absolute atomic E-state index is 13.9. The van der Waals surface area contributed by atoms with Crippen molar-refractivity contribution in [2.45, 2.75) is 26.4 Å². The number of rotatable bonds is 3. The smallest absolute Gasteiger partial charge is 0.419 e. The molecule has 0 aliphatic rings. The van der Waals surface area contributed by atoms with Crippen LogP contribution in [0, 0.1) is 5.82 Å². The molecule has 0 aliphatic carbocycles. The van der Waals surface area contributed by atoms with Crippen molar-refractivity contribution in [1.29, 1.82) is 0 Å². The zero-order valence-corrected chi connectivity index (χ0v) is 17.8. The first-order valence-corrected chi connectivity index (χ1v) is 9.40. The van der Waals surface area contributed by atoms with E-state index < -0.39 is 29.5 Å². The Bertz CT molecular complexity index is 1190. The van der Waals surface area contributed by atoms with E-state index in [1.54, 1.807) is 26.8 Å². The molecule has 162 valence electrons. The number of halogens is 1. The molecule has 3 aromatic rings. The van der Waals surface area contributed by atoms with Crippen molar-refractivity contribution >= 4 is 28.9 Å². The number of hydrogen-bond donors (Lipinski definition) is 0. The molecule has 31 heavy (non-hydrogen) atoms. The summed E-state index contributed by atoms with van der Waals surface area (Å²) in [5, 5.41) is 0.564. The van der Waals surface area contributed by atoms with Crippen LogP contribution in [0.15, 0.2) is 42.6 Å². The highest BCUT2D eigenvalue weighted by atomic mass is 19.1. The highest BCUT2D eigenvalue weighted by Gasteiger charge is 2.24. The van der Waals surface area contributed by atoms with Crippen molar-refractivity contribution in [2.75, 3.05) is 14.2 Å². The van der Waals surface area contributed by atoms with Gasteiger partial charge in [-0.15, -0.1) is 0 Å². The summed E-state index contributed by atoms with van der Waals surface area (Å²) >= 11 is 0. The third-order valence-corrected chi connectivity index (χ3v) is 4.50. The van der Waals surface area contributed by atoms with Crippen LogP contribution in [-0.4, -0.2) is 42.4 Å². The molecule has 7 nitrogen and oxygen atoms in total. The number of fused-ring (bicyclic) bond motifs is 1. The van der Waals surface area contributed by atoms with Crippen molar-refractivity contribution in [2.24, 2.45) is 0 Å². The third-order valence-electron chi connectivity index (χ3n) is 4.50. The topological polar surface area (TPSA) is 83.8 Å². The Morgan fingerprint density at radius 3 is 2.16 bits per heavy atom. The van der Waals surface area contributed by atoms with Crippen LogP contribution in [-0.2, 0) is 14.2 Å². The van der Waals surface area contributed by atoms with E-state index in [0.29, 0.717) is 22.0 Å². The normalized spacial score (nSPS) is 11.3. The minimum atomic E-state index is -0.749. The molecule has 0 saturated heterocycles. The van der Waals surface area contributed by atoms with Gasteiger partial charge in [0.25, 0.3) is 0 Å². The molecular formula is C23H22FNO6. The van der Waals surface area contributed by atoms with E-state index in [1.165, 1.54) is 55.3 Å². The predicted octanol–water partition coefficient (Wildman–Crippen LogP) is 4.80. The van der Waals surface area contributed by atoms with Crippen LogP contribution in [0.2, 0.25) is 0 Å². The molecule has 8 heteroatoms. The molecule has 2 aromatic carbocycles. The van der Waals surface area contributed by atoms with Gasteiger partial charge >= 0.3 is 18.0 Å². The molecule has 0 bridgehead atoms. The Kier molecular flexibility index (Phi) is 5.83. The van der Waals surface area contributed by atoms with Crippen molar-refractivity contribution in [3.63, 3.8) is 0 Å². The number of benzene rings is 2. The van der Waals surface area contributed by atoms with Gasteiger partial charge in [-0.05, 0) is 56.7 Å². The molecule has 3 rings (SSSR count). The molecule has 0 radical (unpaired) electrons. The summed E-state index contributed by atoms with van der Waals surface area (Å²) < 4.78 is 30.1. The lowest BCUT2D eigenvalue weighted by molar-refractivity contribution is 0.0542. The number of carbonyl (C=O) groups excluding carboxylic acids is 3. The number of carbonyl (C=O) groups is 3. The molecule has 0 aliphatic heterocycles. The highest BCUT2D eigenvalue weighted by Crippen LogP contribution is 2.33. The van der Waals surface area contributed by atoms with E-state index in [2.05, 4.69) is 0 Å². The van der Waals surface area contributed by atoms with Gasteiger partial charge in [-0.1, -0.05) is 6.07 Å². The standard InChI is InChI=1S/C23H22FNO6/c1-23(2,3)31-22(28)25-12-18(15-9-7-14(24)11-19(15)25)13-6-8-16(20(26)29-4)17(10-13)21(27)30-5/h6-12H,1-5H3. The fraction of sp³-hybridized carbons (Fsp3) is 0.261. The number of ether oxygens (including phenoxy) is 3. The summed E-state index contributed by atoms with van der Waals surface area (Å²) in [5.74, 6) is -1.92. The monoisotopic (exact) mass is 427 g/mol. The van der Waals surface area contributed by atoms with Gasteiger partial charge in [-0.25, -0.2) is 18.8 Å². The Balaban J connectivity index is 2.22. The molecule has 0 saturated carbocycles. The Labute approximate surface area is 178 Å². The Morgan fingerprint density at radius 2 is 1.55 bits per heavy atom. The van der Waals surface area contributed by atoms with E-state index in [9.17, 15) is 18.8 Å². The number of hydrogen-bond acceptors (Lipinski definition) is 6. The maximum atomic E-state index is 13.9. The summed E-state index contributed by atoms with van der Waals surface area (Å²) in [6.07, 6.45) is 0.834. The molecule has 1 aromatic heterocycles. The number of esters is 2. The predicted molar refractivity (Wildman–Crippen MR) is 112 cm³/mol. The van der Waals surface area contributed by atoms with E-state index in [0.717, 1.165) is 0 Å². The van der Waals surface area contributed by atoms with Gasteiger partial charge in [0.15, 0.2) is 0 Å². The summed E-state index contributed by atoms with van der Waals surface area (Å²) in [7, 11) is 2.41. The van der Waals surface area contributed by atoms with Gasteiger partial charge in [0.1, 0.15) is 11.4 Å². The number of nitrogens with zero attached hydrogens (tertiary/aromatic N) is 1. The van der Waals surface area contributed by atoms with Gasteiger partial charge in [0.2, 0.25) is 0 Å². The summed E-state index contributed by atoms with van der Waals surface area (Å²) in [4.78, 5) is 37.0. The van der Waals surface area contributed by atoms with Crippen molar-refractivity contribution in [3.05, 3.63) is 59.5 Å². The van der Waals surface area contributed by atoms with Crippen molar-refractivity contribution < 1.29 is 33.0 Å². The lowest BCUT2D eigenvalue weighted by atomic mass is 9.98. The van der Waals surface area contributed by atoms with Crippen LogP contribution in [0.5, 0.6) is 0 Å². The Morgan fingerprint density at radius 1 is 0.903 bits per heavy atom. The molecule has 0 atom stereocenters. The summed E-state index contributed by atoms with van der Waals surface area (Å²) in [6, 6.07) is 8.55. The van der Waals surface area contributed by atoms with Crippen LogP contribution in [0.25, 0.3) is 22.0 Å². The van der Waals surface area contributed by atoms with E-state index in [-0.39, 0.29) is 11.1 Å². The third kappa shape index (κ3) is 4.42. The SMILES string of the molecule is COC(=O)c1ccc(-c2cn(C(=O)OC(C)(C)C)c3cc(F)ccc23)cc1C(=O)OC. The van der Waals surface area contributed by atoms with Crippen molar-refractivity contribution in [1.82, 2.24) is 4.57 Å². The second kappa shape index (κ2) is 8.22. The highest BCUT2D eigenvalue weighted by molar-refractivity contribution is 6.06. The molecule has 0 N–H and O–H groups in total. The van der Waals surface area contributed by atoms with E-state index in [4.69, 9.17) is 14.2 Å². The molecular weight excluding hydrogens is 405 g/mol. The quantitative estimate of drug-likeness (QED) is 0.441. The second-order valence-electron chi connectivity index (χ2n) is 7.80. The molecule has 0 spiro atoms. The minimum absolute atomic E-state index is 0.00660. The minimum Gasteiger partial charge on any atom is -0.465 e. The summed E-state index contributed by atoms with van der Waals surface area (Å²) in [6.45, 7) is 5.19. The molecule has 1 heterocycles. The zero-order valence-electron chi connectivity index (χ0n) is 17.8. The van der Waals surface area contributed by atoms with Crippen LogP contribution in [0.1, 0.15) is 41.5 Å². The van der Waals surface area contributed by atoms with Crippen LogP contribution < -0.4 is 0 Å². The maximum Gasteiger partial charge on any atom is 0.419 e. The molecule has 0 amide bonds. The van der Waals surface area contributed by atoms with Gasteiger partial charge in [-0.3, -0.25) is 4.57 Å². The van der Waals surface area contributed by atoms with Crippen LogP contribution in [0.4, 0.5) is 9.18 Å². The van der Waals surface area contributed by atoms with E-state index >= 15 is 0 Å². The van der Waals surface area contributed by atoms with Gasteiger partial charge in [-0.2, -0.15) is 0 Å². The summed E-state index contributed by atoms with van der Waals surface area (Å²) in [5.41, 5.74) is 0.670. The van der Waals surface area contributed by atoms with E-state index in [1.807, 2.05) is 0 Å². The van der Waals surface area contributed by atoms with Gasteiger partial charge in [0, 0.05) is 17.1 Å². The first-order valence-electron chi connectivity index (χ1n) is 9.40. The van der Waals surface area contributed by atoms with Crippen LogP contribution >= 0.6 is 0 Å². The zero-order chi connectivity index (χ0) is 22.9. The number of aromatic nitrogens is 1. The fourth-order valence-corrected chi connectivity index (χ4v) is 3.17. The van der Waals surface area contributed by atoms with Crippen molar-refractivity contribution in [3.8, 4) is 11.1 Å². The van der Waals surface area contributed by atoms with Gasteiger partial charge in [0.05, 0.1) is 30.9 Å². The average Bonchev–Trinajstić information content (AvgIpc) is 3.09. The second-order valence-corrected chi connectivity index (χ2v) is 7.80. The molecule has 0 fully saturated rings. The first kappa shape index (κ1) is 22.0. The first-order chi connectivity index (χ1) is 14.6. The largest absolute Gasteiger partial charge is 0.465 e. The lowest BCUT2D eigenvalue weighted by Gasteiger charge is -2.19.